The third kappa shape index (κ3) is 7.00. The Morgan fingerprint density at radius 1 is 1.00 bits per heavy atom. The molecular weight excluding hydrogens is 404 g/mol. The lowest BCUT2D eigenvalue weighted by atomic mass is 10.1. The van der Waals surface area contributed by atoms with Crippen LogP contribution in [-0.4, -0.2) is 17.7 Å². The first-order valence-corrected chi connectivity index (χ1v) is 12.0. The molecule has 0 aromatic heterocycles. The average molecular weight is 437 g/mol. The van der Waals surface area contributed by atoms with Crippen LogP contribution < -0.4 is 10.1 Å². The quantitative estimate of drug-likeness (QED) is 0.324. The number of thioether (sulfide) groups is 1. The highest BCUT2D eigenvalue weighted by atomic mass is 32.2. The minimum absolute atomic E-state index is 0.113. The van der Waals surface area contributed by atoms with Crippen molar-refractivity contribution in [1.82, 2.24) is 5.32 Å². The summed E-state index contributed by atoms with van der Waals surface area (Å²) >= 11 is 1.37. The first-order valence-electron chi connectivity index (χ1n) is 11.2. The van der Waals surface area contributed by atoms with Crippen molar-refractivity contribution < 1.29 is 9.53 Å². The molecule has 31 heavy (non-hydrogen) atoms. The number of rotatable bonds is 10. The summed E-state index contributed by atoms with van der Waals surface area (Å²) in [5.74, 6) is 0.758. The SMILES string of the molecule is CCCCCCCCOc1ccc(/C=C2\SC(=Nc3cccc(C)c3C)NC2=O)cc1. The maximum Gasteiger partial charge on any atom is 0.264 e. The van der Waals surface area contributed by atoms with E-state index in [0.29, 0.717) is 10.1 Å². The highest BCUT2D eigenvalue weighted by Crippen LogP contribution is 2.30. The molecule has 0 atom stereocenters. The molecule has 3 rings (SSSR count). The average Bonchev–Trinajstić information content (AvgIpc) is 3.10. The van der Waals surface area contributed by atoms with Crippen molar-refractivity contribution in [3.8, 4) is 5.75 Å². The van der Waals surface area contributed by atoms with Crippen LogP contribution in [0.1, 0.15) is 62.1 Å². The number of nitrogens with one attached hydrogen (secondary N) is 1. The second kappa shape index (κ2) is 11.8. The van der Waals surface area contributed by atoms with Gasteiger partial charge >= 0.3 is 0 Å². The fourth-order valence-corrected chi connectivity index (χ4v) is 4.17. The lowest BCUT2D eigenvalue weighted by Gasteiger charge is -2.06. The molecule has 0 aliphatic carbocycles. The third-order valence-electron chi connectivity index (χ3n) is 5.39. The van der Waals surface area contributed by atoms with Crippen molar-refractivity contribution >= 4 is 34.6 Å². The van der Waals surface area contributed by atoms with Crippen LogP contribution in [-0.2, 0) is 4.79 Å². The minimum atomic E-state index is -0.113. The molecule has 0 saturated carbocycles. The number of carbonyl (C=O) groups is 1. The smallest absolute Gasteiger partial charge is 0.264 e. The van der Waals surface area contributed by atoms with E-state index in [1.54, 1.807) is 0 Å². The van der Waals surface area contributed by atoms with Crippen molar-refractivity contribution in [1.29, 1.82) is 0 Å². The van der Waals surface area contributed by atoms with Gasteiger partial charge in [0.1, 0.15) is 5.75 Å². The van der Waals surface area contributed by atoms with Crippen LogP contribution in [0.15, 0.2) is 52.4 Å². The fraction of sp³-hybridized carbons (Fsp3) is 0.385. The molecule has 1 aliphatic heterocycles. The molecule has 1 amide bonds. The number of nitrogens with zero attached hydrogens (tertiary/aromatic N) is 1. The van der Waals surface area contributed by atoms with E-state index in [0.717, 1.165) is 35.6 Å². The number of amidine groups is 1. The van der Waals surface area contributed by atoms with Gasteiger partial charge in [-0.25, -0.2) is 4.99 Å². The summed E-state index contributed by atoms with van der Waals surface area (Å²) in [6.45, 7) is 7.09. The second-order valence-corrected chi connectivity index (χ2v) is 8.92. The van der Waals surface area contributed by atoms with E-state index in [2.05, 4.69) is 30.2 Å². The minimum Gasteiger partial charge on any atom is -0.494 e. The van der Waals surface area contributed by atoms with Gasteiger partial charge in [0.15, 0.2) is 5.17 Å². The van der Waals surface area contributed by atoms with E-state index in [1.165, 1.54) is 49.4 Å². The number of ether oxygens (including phenoxy) is 1. The summed E-state index contributed by atoms with van der Waals surface area (Å²) in [6.07, 6.45) is 9.42. The Morgan fingerprint density at radius 2 is 1.74 bits per heavy atom. The van der Waals surface area contributed by atoms with Crippen LogP contribution in [0, 0.1) is 13.8 Å². The summed E-state index contributed by atoms with van der Waals surface area (Å²) in [4.78, 5) is 17.6. The molecule has 0 spiro atoms. The molecule has 0 radical (unpaired) electrons. The van der Waals surface area contributed by atoms with E-state index in [9.17, 15) is 4.79 Å². The summed E-state index contributed by atoms with van der Waals surface area (Å²) in [5, 5.41) is 3.48. The Balaban J connectivity index is 1.54. The van der Waals surface area contributed by atoms with Gasteiger partial charge in [-0.15, -0.1) is 0 Å². The normalized spacial score (nSPS) is 16.2. The number of unbranched alkanes of at least 4 members (excludes halogenated alkanes) is 5. The van der Waals surface area contributed by atoms with E-state index >= 15 is 0 Å². The van der Waals surface area contributed by atoms with Crippen LogP contribution in [0.5, 0.6) is 5.75 Å². The van der Waals surface area contributed by atoms with Crippen molar-refractivity contribution in [3.63, 3.8) is 0 Å². The highest BCUT2D eigenvalue weighted by Gasteiger charge is 2.24. The number of aliphatic imine (C=N–C) groups is 1. The number of carbonyl (C=O) groups excluding carboxylic acids is 1. The zero-order valence-electron chi connectivity index (χ0n) is 18.7. The number of hydrogen-bond donors (Lipinski definition) is 1. The predicted molar refractivity (Wildman–Crippen MR) is 132 cm³/mol. The topological polar surface area (TPSA) is 50.7 Å². The molecule has 5 heteroatoms. The standard InChI is InChI=1S/C26H32N2O2S/c1-4-5-6-7-8-9-17-30-22-15-13-21(14-16-22)18-24-25(29)28-26(31-24)27-23-12-10-11-19(2)20(23)3/h10-16,18H,4-9,17H2,1-3H3,(H,27,28,29)/b24-18-. The molecule has 1 fully saturated rings. The van der Waals surface area contributed by atoms with Crippen molar-refractivity contribution in [2.75, 3.05) is 6.61 Å². The molecule has 1 heterocycles. The van der Waals surface area contributed by atoms with Gasteiger partial charge in [0.25, 0.3) is 5.91 Å². The van der Waals surface area contributed by atoms with Gasteiger partial charge in [0, 0.05) is 0 Å². The molecule has 1 saturated heterocycles. The monoisotopic (exact) mass is 436 g/mol. The summed E-state index contributed by atoms with van der Waals surface area (Å²) in [7, 11) is 0. The van der Waals surface area contributed by atoms with Gasteiger partial charge in [-0.05, 0) is 73.0 Å². The van der Waals surface area contributed by atoms with Gasteiger partial charge in [0.05, 0.1) is 17.2 Å². The van der Waals surface area contributed by atoms with E-state index < -0.39 is 0 Å². The zero-order chi connectivity index (χ0) is 22.1. The molecule has 0 bridgehead atoms. The molecule has 1 aliphatic rings. The lowest BCUT2D eigenvalue weighted by Crippen LogP contribution is -2.19. The molecular formula is C26H32N2O2S. The fourth-order valence-electron chi connectivity index (χ4n) is 3.33. The third-order valence-corrected chi connectivity index (χ3v) is 6.30. The molecule has 0 unspecified atom stereocenters. The Hall–Kier alpha value is -2.53. The van der Waals surface area contributed by atoms with Gasteiger partial charge in [-0.3, -0.25) is 4.79 Å². The Morgan fingerprint density at radius 3 is 2.52 bits per heavy atom. The van der Waals surface area contributed by atoms with Crippen molar-refractivity contribution in [2.24, 2.45) is 4.99 Å². The summed E-state index contributed by atoms with van der Waals surface area (Å²) < 4.78 is 5.84. The van der Waals surface area contributed by atoms with E-state index in [-0.39, 0.29) is 5.91 Å². The number of hydrogen-bond acceptors (Lipinski definition) is 4. The largest absolute Gasteiger partial charge is 0.494 e. The number of amides is 1. The number of aryl methyl sites for hydroxylation is 1. The maximum atomic E-state index is 12.4. The van der Waals surface area contributed by atoms with E-state index in [4.69, 9.17) is 4.74 Å². The van der Waals surface area contributed by atoms with E-state index in [1.807, 2.05) is 49.4 Å². The van der Waals surface area contributed by atoms with Gasteiger partial charge in [-0.2, -0.15) is 0 Å². The molecule has 2 aromatic carbocycles. The van der Waals surface area contributed by atoms with Crippen LogP contribution in [0.25, 0.3) is 6.08 Å². The summed E-state index contributed by atoms with van der Waals surface area (Å²) in [5.41, 5.74) is 4.16. The van der Waals surface area contributed by atoms with Gasteiger partial charge in [-0.1, -0.05) is 63.3 Å². The molecule has 4 nitrogen and oxygen atoms in total. The highest BCUT2D eigenvalue weighted by molar-refractivity contribution is 8.18. The van der Waals surface area contributed by atoms with Crippen LogP contribution in [0.3, 0.4) is 0 Å². The van der Waals surface area contributed by atoms with Crippen LogP contribution in [0.2, 0.25) is 0 Å². The van der Waals surface area contributed by atoms with Crippen LogP contribution in [0.4, 0.5) is 5.69 Å². The number of benzene rings is 2. The lowest BCUT2D eigenvalue weighted by molar-refractivity contribution is -0.115. The first-order chi connectivity index (χ1) is 15.1. The summed E-state index contributed by atoms with van der Waals surface area (Å²) in [6, 6.07) is 13.9. The van der Waals surface area contributed by atoms with Crippen molar-refractivity contribution in [2.45, 2.75) is 59.3 Å². The Bertz CT molecular complexity index is 948. The van der Waals surface area contributed by atoms with Crippen molar-refractivity contribution in [3.05, 3.63) is 64.1 Å². The Kier molecular flexibility index (Phi) is 8.77. The zero-order valence-corrected chi connectivity index (χ0v) is 19.6. The van der Waals surface area contributed by atoms with Gasteiger partial charge in [0.2, 0.25) is 0 Å². The second-order valence-electron chi connectivity index (χ2n) is 7.89. The molecule has 164 valence electrons. The maximum absolute atomic E-state index is 12.4. The first kappa shape index (κ1) is 23.1. The predicted octanol–water partition coefficient (Wildman–Crippen LogP) is 6.93. The Labute approximate surface area is 190 Å². The van der Waals surface area contributed by atoms with Crippen LogP contribution >= 0.6 is 11.8 Å². The molecule has 1 N–H and O–H groups in total. The molecule has 2 aromatic rings. The van der Waals surface area contributed by atoms with Gasteiger partial charge < -0.3 is 10.1 Å².